The van der Waals surface area contributed by atoms with E-state index in [1.165, 1.54) is 0 Å². The lowest BCUT2D eigenvalue weighted by Gasteiger charge is -2.12. The molecule has 1 amide bonds. The van der Waals surface area contributed by atoms with Crippen LogP contribution in [0.15, 0.2) is 53.3 Å². The van der Waals surface area contributed by atoms with E-state index in [1.807, 2.05) is 30.3 Å². The van der Waals surface area contributed by atoms with Crippen LogP contribution in [-0.4, -0.2) is 33.6 Å². The predicted octanol–water partition coefficient (Wildman–Crippen LogP) is 1.19. The minimum atomic E-state index is -0.655. The molecule has 23 heavy (non-hydrogen) atoms. The minimum absolute atomic E-state index is 0.162. The van der Waals surface area contributed by atoms with Gasteiger partial charge < -0.3 is 20.4 Å². The molecule has 0 saturated carbocycles. The molecule has 1 atom stereocenters. The lowest BCUT2D eigenvalue weighted by Crippen LogP contribution is -2.33. The summed E-state index contributed by atoms with van der Waals surface area (Å²) in [4.78, 5) is 28.6. The highest BCUT2D eigenvalue weighted by Crippen LogP contribution is 2.10. The Morgan fingerprint density at radius 1 is 1.09 bits per heavy atom. The molecule has 2 aromatic carbocycles. The first kappa shape index (κ1) is 15.1. The number of benzene rings is 2. The number of rotatable bonds is 5. The first-order valence-corrected chi connectivity index (χ1v) is 7.34. The number of aromatic nitrogens is 2. The number of H-pyrrole nitrogens is 2. The van der Waals surface area contributed by atoms with E-state index >= 15 is 0 Å². The second kappa shape index (κ2) is 6.50. The van der Waals surface area contributed by atoms with Crippen molar-refractivity contribution in [3.63, 3.8) is 0 Å². The SMILES string of the molecule is O=C(NC[C@@H](O)Cc1ccccc1)c1ccc2[nH]c(=O)[nH]c2c1. The molecular weight excluding hydrogens is 294 g/mol. The number of imidazole rings is 1. The number of aliphatic hydroxyl groups excluding tert-OH is 1. The molecule has 0 aliphatic heterocycles. The normalized spacial score (nSPS) is 12.2. The Morgan fingerprint density at radius 2 is 1.83 bits per heavy atom. The van der Waals surface area contributed by atoms with Crippen LogP contribution >= 0.6 is 0 Å². The van der Waals surface area contributed by atoms with Crippen molar-refractivity contribution >= 4 is 16.9 Å². The van der Waals surface area contributed by atoms with E-state index in [1.54, 1.807) is 18.2 Å². The van der Waals surface area contributed by atoms with Crippen LogP contribution in [0.5, 0.6) is 0 Å². The second-order valence-corrected chi connectivity index (χ2v) is 5.39. The van der Waals surface area contributed by atoms with Crippen LogP contribution < -0.4 is 11.0 Å². The van der Waals surface area contributed by atoms with Crippen LogP contribution in [0.25, 0.3) is 11.0 Å². The van der Waals surface area contributed by atoms with Crippen molar-refractivity contribution in [3.8, 4) is 0 Å². The molecule has 6 nitrogen and oxygen atoms in total. The average molecular weight is 311 g/mol. The highest BCUT2D eigenvalue weighted by atomic mass is 16.3. The van der Waals surface area contributed by atoms with E-state index in [0.717, 1.165) is 5.56 Å². The fourth-order valence-corrected chi connectivity index (χ4v) is 2.44. The van der Waals surface area contributed by atoms with E-state index < -0.39 is 6.10 Å². The van der Waals surface area contributed by atoms with Crippen molar-refractivity contribution in [2.45, 2.75) is 12.5 Å². The fourth-order valence-electron chi connectivity index (χ4n) is 2.44. The number of fused-ring (bicyclic) bond motifs is 1. The molecule has 0 saturated heterocycles. The van der Waals surface area contributed by atoms with Crippen LogP contribution in [0, 0.1) is 0 Å². The molecular formula is C17H17N3O3. The number of aromatic amines is 2. The third-order valence-electron chi connectivity index (χ3n) is 3.59. The van der Waals surface area contributed by atoms with Gasteiger partial charge in [-0.3, -0.25) is 4.79 Å². The van der Waals surface area contributed by atoms with Gasteiger partial charge in [0.15, 0.2) is 0 Å². The zero-order valence-electron chi connectivity index (χ0n) is 12.4. The van der Waals surface area contributed by atoms with Gasteiger partial charge in [0, 0.05) is 18.5 Å². The standard InChI is InChI=1S/C17H17N3O3/c21-13(8-11-4-2-1-3-5-11)10-18-16(22)12-6-7-14-15(9-12)20-17(23)19-14/h1-7,9,13,21H,8,10H2,(H,18,22)(H2,19,20,23)/t13-/m0/s1. The topological polar surface area (TPSA) is 98.0 Å². The Labute approximate surface area is 132 Å². The average Bonchev–Trinajstić information content (AvgIpc) is 2.92. The van der Waals surface area contributed by atoms with E-state index in [-0.39, 0.29) is 18.1 Å². The summed E-state index contributed by atoms with van der Waals surface area (Å²) in [5.41, 5.74) is 2.36. The van der Waals surface area contributed by atoms with Gasteiger partial charge in [-0.2, -0.15) is 0 Å². The Hall–Kier alpha value is -2.86. The molecule has 0 radical (unpaired) electrons. The number of carbonyl (C=O) groups excluding carboxylic acids is 1. The number of hydrogen-bond acceptors (Lipinski definition) is 3. The lowest BCUT2D eigenvalue weighted by atomic mass is 10.1. The maximum absolute atomic E-state index is 12.1. The summed E-state index contributed by atoms with van der Waals surface area (Å²) in [6, 6.07) is 14.5. The number of hydrogen-bond donors (Lipinski definition) is 4. The van der Waals surface area contributed by atoms with Crippen molar-refractivity contribution < 1.29 is 9.90 Å². The largest absolute Gasteiger partial charge is 0.391 e. The monoisotopic (exact) mass is 311 g/mol. The molecule has 0 aliphatic carbocycles. The fraction of sp³-hybridized carbons (Fsp3) is 0.176. The molecule has 3 rings (SSSR count). The van der Waals surface area contributed by atoms with Crippen LogP contribution in [0.2, 0.25) is 0 Å². The maximum Gasteiger partial charge on any atom is 0.323 e. The molecule has 6 heteroatoms. The highest BCUT2D eigenvalue weighted by molar-refractivity contribution is 5.97. The van der Waals surface area contributed by atoms with Gasteiger partial charge in [-0.25, -0.2) is 4.79 Å². The lowest BCUT2D eigenvalue weighted by molar-refractivity contribution is 0.0916. The van der Waals surface area contributed by atoms with Gasteiger partial charge in [-0.05, 0) is 23.8 Å². The third-order valence-corrected chi connectivity index (χ3v) is 3.59. The summed E-state index contributed by atoms with van der Waals surface area (Å²) in [6.07, 6.45) is -0.178. The van der Waals surface area contributed by atoms with Crippen molar-refractivity contribution in [3.05, 3.63) is 70.1 Å². The van der Waals surface area contributed by atoms with Gasteiger partial charge in [-0.15, -0.1) is 0 Å². The summed E-state index contributed by atoms with van der Waals surface area (Å²) >= 11 is 0. The Bertz CT molecular complexity index is 867. The Balaban J connectivity index is 1.60. The Morgan fingerprint density at radius 3 is 2.61 bits per heavy atom. The van der Waals surface area contributed by atoms with Crippen molar-refractivity contribution in [2.24, 2.45) is 0 Å². The van der Waals surface area contributed by atoms with Crippen molar-refractivity contribution in [2.75, 3.05) is 6.54 Å². The summed E-state index contributed by atoms with van der Waals surface area (Å²) in [5, 5.41) is 12.7. The number of carbonyl (C=O) groups is 1. The summed E-state index contributed by atoms with van der Waals surface area (Å²) in [6.45, 7) is 0.162. The van der Waals surface area contributed by atoms with Gasteiger partial charge in [0.2, 0.25) is 0 Å². The van der Waals surface area contributed by atoms with Gasteiger partial charge in [0.1, 0.15) is 0 Å². The van der Waals surface area contributed by atoms with Crippen LogP contribution in [0.4, 0.5) is 0 Å². The molecule has 0 unspecified atom stereocenters. The quantitative estimate of drug-likeness (QED) is 0.569. The molecule has 118 valence electrons. The highest BCUT2D eigenvalue weighted by Gasteiger charge is 2.11. The second-order valence-electron chi connectivity index (χ2n) is 5.39. The molecule has 0 fully saturated rings. The van der Waals surface area contributed by atoms with E-state index in [4.69, 9.17) is 0 Å². The van der Waals surface area contributed by atoms with E-state index in [9.17, 15) is 14.7 Å². The molecule has 4 N–H and O–H groups in total. The molecule has 0 bridgehead atoms. The maximum atomic E-state index is 12.1. The van der Waals surface area contributed by atoms with E-state index in [2.05, 4.69) is 15.3 Å². The first-order valence-electron chi connectivity index (χ1n) is 7.34. The first-order chi connectivity index (χ1) is 11.1. The number of aliphatic hydroxyl groups is 1. The van der Waals surface area contributed by atoms with Crippen LogP contribution in [-0.2, 0) is 6.42 Å². The number of amides is 1. The van der Waals surface area contributed by atoms with Crippen molar-refractivity contribution in [1.29, 1.82) is 0 Å². The molecule has 0 aliphatic rings. The summed E-state index contributed by atoms with van der Waals surface area (Å²) in [7, 11) is 0. The summed E-state index contributed by atoms with van der Waals surface area (Å²) < 4.78 is 0. The third kappa shape index (κ3) is 3.67. The summed E-state index contributed by atoms with van der Waals surface area (Å²) in [5.74, 6) is -0.291. The molecule has 1 aromatic heterocycles. The van der Waals surface area contributed by atoms with Gasteiger partial charge in [-0.1, -0.05) is 30.3 Å². The van der Waals surface area contributed by atoms with Gasteiger partial charge >= 0.3 is 5.69 Å². The zero-order valence-corrected chi connectivity index (χ0v) is 12.4. The van der Waals surface area contributed by atoms with Crippen molar-refractivity contribution in [1.82, 2.24) is 15.3 Å². The van der Waals surface area contributed by atoms with E-state index in [0.29, 0.717) is 23.0 Å². The Kier molecular flexibility index (Phi) is 4.25. The molecule has 3 aromatic rings. The van der Waals surface area contributed by atoms with Gasteiger partial charge in [0.05, 0.1) is 17.1 Å². The van der Waals surface area contributed by atoms with Crippen LogP contribution in [0.3, 0.4) is 0 Å². The zero-order chi connectivity index (χ0) is 16.2. The smallest absolute Gasteiger partial charge is 0.323 e. The molecule has 0 spiro atoms. The van der Waals surface area contributed by atoms with Gasteiger partial charge in [0.25, 0.3) is 5.91 Å². The van der Waals surface area contributed by atoms with Crippen LogP contribution in [0.1, 0.15) is 15.9 Å². The predicted molar refractivity (Wildman–Crippen MR) is 87.4 cm³/mol. The number of nitrogens with one attached hydrogen (secondary N) is 3. The molecule has 1 heterocycles. The minimum Gasteiger partial charge on any atom is -0.391 e.